The van der Waals surface area contributed by atoms with Crippen molar-refractivity contribution in [1.82, 2.24) is 14.5 Å². The maximum absolute atomic E-state index is 5.44. The summed E-state index contributed by atoms with van der Waals surface area (Å²) in [4.78, 5) is 7.59. The quantitative estimate of drug-likeness (QED) is 0.745. The minimum Gasteiger partial charge on any atom is -0.481 e. The molecule has 3 aromatic heterocycles. The molecular weight excluding hydrogens is 262 g/mol. The molecule has 0 aliphatic carbocycles. The highest BCUT2D eigenvalue weighted by Crippen LogP contribution is 2.24. The number of aromatic amines is 1. The number of imidazole rings is 1. The molecule has 0 radical (unpaired) electrons. The summed E-state index contributed by atoms with van der Waals surface area (Å²) in [5, 5.41) is 0. The molecule has 3 heterocycles. The Balaban J connectivity index is 2.22. The molecule has 0 aliphatic rings. The van der Waals surface area contributed by atoms with Crippen molar-refractivity contribution >= 4 is 23.4 Å². The fourth-order valence-electron chi connectivity index (χ4n) is 2.11. The largest absolute Gasteiger partial charge is 0.481 e. The predicted octanol–water partition coefficient (Wildman–Crippen LogP) is 3.30. The van der Waals surface area contributed by atoms with Crippen LogP contribution in [0.1, 0.15) is 18.7 Å². The van der Waals surface area contributed by atoms with Crippen molar-refractivity contribution in [3.63, 3.8) is 0 Å². The first-order valence-electron chi connectivity index (χ1n) is 5.89. The van der Waals surface area contributed by atoms with Gasteiger partial charge in [0.2, 0.25) is 5.88 Å². The molecule has 3 rings (SSSR count). The molecule has 0 aromatic carbocycles. The number of pyridine rings is 1. The van der Waals surface area contributed by atoms with E-state index in [9.17, 15) is 0 Å². The summed E-state index contributed by atoms with van der Waals surface area (Å²) in [7, 11) is 1.59. The lowest BCUT2D eigenvalue weighted by molar-refractivity contribution is 0.398. The number of hydrogen-bond donors (Lipinski definition) is 1. The summed E-state index contributed by atoms with van der Waals surface area (Å²) >= 11 is 5.37. The average Bonchev–Trinajstić information content (AvgIpc) is 3.03. The van der Waals surface area contributed by atoms with Crippen LogP contribution >= 0.6 is 12.2 Å². The second-order valence-electron chi connectivity index (χ2n) is 4.22. The van der Waals surface area contributed by atoms with Crippen LogP contribution in [-0.4, -0.2) is 21.6 Å². The Labute approximate surface area is 114 Å². The summed E-state index contributed by atoms with van der Waals surface area (Å²) in [6.45, 7) is 2.02. The van der Waals surface area contributed by atoms with Crippen LogP contribution in [0.3, 0.4) is 0 Å². The molecule has 5 nitrogen and oxygen atoms in total. The Morgan fingerprint density at radius 3 is 2.95 bits per heavy atom. The van der Waals surface area contributed by atoms with Crippen LogP contribution in [0.5, 0.6) is 5.88 Å². The molecule has 6 heteroatoms. The van der Waals surface area contributed by atoms with Crippen LogP contribution in [0.25, 0.3) is 11.2 Å². The summed E-state index contributed by atoms with van der Waals surface area (Å²) in [6.07, 6.45) is 1.65. The third-order valence-corrected chi connectivity index (χ3v) is 3.39. The molecular formula is C13H13N3O2S. The fraction of sp³-hybridized carbons (Fsp3) is 0.231. The monoisotopic (exact) mass is 275 g/mol. The number of methoxy groups -OCH3 is 1. The normalized spacial score (nSPS) is 12.7. The summed E-state index contributed by atoms with van der Waals surface area (Å²) in [5.74, 6) is 1.39. The molecule has 0 amide bonds. The standard InChI is InChI=1S/C13H13N3O2S/c1-8(10-4-3-7-18-10)16-12-9(14-13(16)19)5-6-11(15-12)17-2/h3-8H,1-2H3,(H,14,19). The maximum atomic E-state index is 5.44. The van der Waals surface area contributed by atoms with Gasteiger partial charge in [0.15, 0.2) is 10.4 Å². The fourth-order valence-corrected chi connectivity index (χ4v) is 2.47. The average molecular weight is 275 g/mol. The topological polar surface area (TPSA) is 56.0 Å². The Hall–Kier alpha value is -2.08. The van der Waals surface area contributed by atoms with Gasteiger partial charge in [0.25, 0.3) is 0 Å². The molecule has 0 aliphatic heterocycles. The van der Waals surface area contributed by atoms with E-state index >= 15 is 0 Å². The Morgan fingerprint density at radius 1 is 1.42 bits per heavy atom. The molecule has 1 unspecified atom stereocenters. The zero-order chi connectivity index (χ0) is 13.4. The van der Waals surface area contributed by atoms with Gasteiger partial charge in [-0.15, -0.1) is 0 Å². The van der Waals surface area contributed by atoms with Crippen molar-refractivity contribution in [1.29, 1.82) is 0 Å². The smallest absolute Gasteiger partial charge is 0.215 e. The third-order valence-electron chi connectivity index (χ3n) is 3.09. The van der Waals surface area contributed by atoms with Crippen LogP contribution < -0.4 is 4.74 Å². The van der Waals surface area contributed by atoms with Crippen molar-refractivity contribution in [2.75, 3.05) is 7.11 Å². The van der Waals surface area contributed by atoms with E-state index in [2.05, 4.69) is 9.97 Å². The van der Waals surface area contributed by atoms with E-state index in [-0.39, 0.29) is 6.04 Å². The lowest BCUT2D eigenvalue weighted by Gasteiger charge is -2.11. The number of ether oxygens (including phenoxy) is 1. The van der Waals surface area contributed by atoms with E-state index < -0.39 is 0 Å². The SMILES string of the molecule is COc1ccc2[nH]c(=S)n(C(C)c3ccco3)c2n1. The highest BCUT2D eigenvalue weighted by Gasteiger charge is 2.16. The third kappa shape index (κ3) is 1.94. The molecule has 98 valence electrons. The van der Waals surface area contributed by atoms with E-state index in [4.69, 9.17) is 21.4 Å². The number of H-pyrrole nitrogens is 1. The highest BCUT2D eigenvalue weighted by molar-refractivity contribution is 7.71. The van der Waals surface area contributed by atoms with Gasteiger partial charge in [-0.2, -0.15) is 4.98 Å². The van der Waals surface area contributed by atoms with E-state index in [1.165, 1.54) is 0 Å². The number of hydrogen-bond acceptors (Lipinski definition) is 4. The lowest BCUT2D eigenvalue weighted by atomic mass is 10.2. The predicted molar refractivity (Wildman–Crippen MR) is 74.0 cm³/mol. The number of nitrogens with zero attached hydrogens (tertiary/aromatic N) is 2. The second kappa shape index (κ2) is 4.55. The van der Waals surface area contributed by atoms with Crippen molar-refractivity contribution in [3.05, 3.63) is 41.1 Å². The summed E-state index contributed by atoms with van der Waals surface area (Å²) in [5.41, 5.74) is 1.64. The van der Waals surface area contributed by atoms with E-state index in [1.807, 2.05) is 29.7 Å². The first-order chi connectivity index (χ1) is 9.20. The second-order valence-corrected chi connectivity index (χ2v) is 4.60. The van der Waals surface area contributed by atoms with E-state index in [0.29, 0.717) is 10.7 Å². The number of rotatable bonds is 3. The number of nitrogens with one attached hydrogen (secondary N) is 1. The molecule has 1 atom stereocenters. The van der Waals surface area contributed by atoms with Gasteiger partial charge in [-0.1, -0.05) is 0 Å². The lowest BCUT2D eigenvalue weighted by Crippen LogP contribution is -2.06. The van der Waals surface area contributed by atoms with Gasteiger partial charge >= 0.3 is 0 Å². The van der Waals surface area contributed by atoms with Crippen molar-refractivity contribution in [3.8, 4) is 5.88 Å². The first-order valence-corrected chi connectivity index (χ1v) is 6.30. The van der Waals surface area contributed by atoms with Crippen molar-refractivity contribution in [2.45, 2.75) is 13.0 Å². The van der Waals surface area contributed by atoms with E-state index in [1.54, 1.807) is 19.4 Å². The van der Waals surface area contributed by atoms with Gasteiger partial charge in [-0.05, 0) is 37.3 Å². The maximum Gasteiger partial charge on any atom is 0.215 e. The van der Waals surface area contributed by atoms with Gasteiger partial charge in [0.1, 0.15) is 5.76 Å². The van der Waals surface area contributed by atoms with Gasteiger partial charge in [0, 0.05) is 6.07 Å². The Bertz CT molecular complexity index is 758. The Morgan fingerprint density at radius 2 is 2.26 bits per heavy atom. The van der Waals surface area contributed by atoms with Crippen LogP contribution in [-0.2, 0) is 0 Å². The summed E-state index contributed by atoms with van der Waals surface area (Å²) in [6, 6.07) is 7.46. The van der Waals surface area contributed by atoms with Crippen LogP contribution in [0.2, 0.25) is 0 Å². The van der Waals surface area contributed by atoms with Gasteiger partial charge in [-0.3, -0.25) is 4.57 Å². The zero-order valence-electron chi connectivity index (χ0n) is 10.6. The molecule has 1 N–H and O–H groups in total. The zero-order valence-corrected chi connectivity index (χ0v) is 11.4. The van der Waals surface area contributed by atoms with Crippen molar-refractivity contribution < 1.29 is 9.15 Å². The van der Waals surface area contributed by atoms with Crippen LogP contribution in [0.15, 0.2) is 34.9 Å². The van der Waals surface area contributed by atoms with E-state index in [0.717, 1.165) is 16.9 Å². The van der Waals surface area contributed by atoms with Crippen LogP contribution in [0.4, 0.5) is 0 Å². The van der Waals surface area contributed by atoms with Crippen molar-refractivity contribution in [2.24, 2.45) is 0 Å². The molecule has 0 fully saturated rings. The molecule has 0 spiro atoms. The molecule has 3 aromatic rings. The molecule has 0 saturated carbocycles. The minimum atomic E-state index is -0.0316. The highest BCUT2D eigenvalue weighted by atomic mass is 32.1. The van der Waals surface area contributed by atoms with Gasteiger partial charge < -0.3 is 14.1 Å². The van der Waals surface area contributed by atoms with Gasteiger partial charge in [0.05, 0.1) is 24.9 Å². The van der Waals surface area contributed by atoms with Crippen LogP contribution in [0, 0.1) is 4.77 Å². The Kier molecular flexibility index (Phi) is 2.87. The number of furan rings is 1. The number of aromatic nitrogens is 3. The van der Waals surface area contributed by atoms with Gasteiger partial charge in [-0.25, -0.2) is 0 Å². The number of fused-ring (bicyclic) bond motifs is 1. The minimum absolute atomic E-state index is 0.0316. The molecule has 0 bridgehead atoms. The molecule has 19 heavy (non-hydrogen) atoms. The molecule has 0 saturated heterocycles. The first kappa shape index (κ1) is 12.0. The summed E-state index contributed by atoms with van der Waals surface area (Å²) < 4.78 is 13.1.